The molecule has 0 spiro atoms. The second-order valence-electron chi connectivity index (χ2n) is 5.37. The van der Waals surface area contributed by atoms with Crippen molar-refractivity contribution in [1.29, 1.82) is 0 Å². The van der Waals surface area contributed by atoms with Crippen LogP contribution in [0.25, 0.3) is 0 Å². The fraction of sp³-hybridized carbons (Fsp3) is 1.00. The maximum Gasteiger partial charge on any atom is -1.00 e. The Morgan fingerprint density at radius 2 is 0.900 bits per heavy atom. The van der Waals surface area contributed by atoms with E-state index < -0.39 is 0 Å². The summed E-state index contributed by atoms with van der Waals surface area (Å²) in [6.07, 6.45) is 16.0. The van der Waals surface area contributed by atoms with Crippen molar-refractivity contribution in [2.24, 2.45) is 0 Å². The van der Waals surface area contributed by atoms with Crippen LogP contribution in [0.3, 0.4) is 0 Å². The monoisotopic (exact) mass is 320 g/mol. The summed E-state index contributed by atoms with van der Waals surface area (Å²) < 4.78 is 11.1. The van der Waals surface area contributed by atoms with E-state index in [1.54, 1.807) is 0 Å². The van der Waals surface area contributed by atoms with E-state index in [4.69, 9.17) is 7.58 Å². The summed E-state index contributed by atoms with van der Waals surface area (Å²) in [4.78, 5) is 0. The fourth-order valence-electron chi connectivity index (χ4n) is 2.08. The first-order valence-electron chi connectivity index (χ1n) is 8.46. The minimum absolute atomic E-state index is 0. The summed E-state index contributed by atoms with van der Waals surface area (Å²) in [6.45, 7) is 6.32. The predicted octanol–water partition coefficient (Wildman–Crippen LogP) is 2.28. The zero-order chi connectivity index (χ0) is 14.0. The maximum absolute atomic E-state index is 5.55. The molecule has 0 saturated heterocycles. The van der Waals surface area contributed by atoms with Gasteiger partial charge in [-0.2, -0.15) is 0 Å². The van der Waals surface area contributed by atoms with Gasteiger partial charge in [-0.1, -0.05) is 0 Å². The maximum atomic E-state index is 5.55. The SMILES string of the molecule is CCCCCCCC[O][Al+][O]CCCCCCCC.[Cl-]. The number of hydrogen-bond acceptors (Lipinski definition) is 2. The van der Waals surface area contributed by atoms with Crippen molar-refractivity contribution < 1.29 is 20.0 Å². The van der Waals surface area contributed by atoms with Gasteiger partial charge in [-0.05, 0) is 0 Å². The molecule has 0 aromatic rings. The molecular weight excluding hydrogens is 287 g/mol. The molecule has 0 atom stereocenters. The van der Waals surface area contributed by atoms with Crippen molar-refractivity contribution in [3.05, 3.63) is 0 Å². The van der Waals surface area contributed by atoms with E-state index in [2.05, 4.69) is 13.8 Å². The number of rotatable bonds is 16. The van der Waals surface area contributed by atoms with Crippen LogP contribution in [-0.2, 0) is 7.58 Å². The topological polar surface area (TPSA) is 18.5 Å². The molecule has 0 saturated carbocycles. The summed E-state index contributed by atoms with van der Waals surface area (Å²) in [5.41, 5.74) is 0. The number of hydrogen-bond donors (Lipinski definition) is 0. The second-order valence-corrected chi connectivity index (χ2v) is 6.23. The third-order valence-corrected chi connectivity index (χ3v) is 4.11. The van der Waals surface area contributed by atoms with Crippen LogP contribution in [-0.4, -0.2) is 29.1 Å². The van der Waals surface area contributed by atoms with Crippen molar-refractivity contribution in [3.63, 3.8) is 0 Å². The first kappa shape index (κ1) is 23.0. The molecule has 0 amide bonds. The van der Waals surface area contributed by atoms with Crippen LogP contribution in [0.4, 0.5) is 0 Å². The van der Waals surface area contributed by atoms with Gasteiger partial charge >= 0.3 is 128 Å². The van der Waals surface area contributed by atoms with Gasteiger partial charge < -0.3 is 12.4 Å². The van der Waals surface area contributed by atoms with Crippen LogP contribution in [0.5, 0.6) is 0 Å². The molecule has 0 aliphatic carbocycles. The van der Waals surface area contributed by atoms with Gasteiger partial charge in [-0.25, -0.2) is 0 Å². The quantitative estimate of drug-likeness (QED) is 0.321. The second kappa shape index (κ2) is 22.0. The Hall–Kier alpha value is 0.742. The standard InChI is InChI=1S/2C8H17O.Al.ClH/c2*1-2-3-4-5-6-7-8-9;;/h2*2-8H2,1H3;;1H/q2*-1;+3;/p-1. The van der Waals surface area contributed by atoms with Gasteiger partial charge in [-0.15, -0.1) is 0 Å². The Kier molecular flexibility index (Phi) is 25.4. The third kappa shape index (κ3) is 21.0. The van der Waals surface area contributed by atoms with Crippen molar-refractivity contribution in [2.75, 3.05) is 13.2 Å². The Morgan fingerprint density at radius 1 is 0.550 bits per heavy atom. The summed E-state index contributed by atoms with van der Waals surface area (Å²) >= 11 is -0.210. The van der Waals surface area contributed by atoms with Gasteiger partial charge in [-0.3, -0.25) is 0 Å². The molecule has 0 aromatic carbocycles. The van der Waals surface area contributed by atoms with Crippen LogP contribution < -0.4 is 12.4 Å². The largest absolute Gasteiger partial charge is 1.00 e. The first-order valence-corrected chi connectivity index (χ1v) is 9.41. The molecule has 0 radical (unpaired) electrons. The average molecular weight is 321 g/mol. The molecule has 4 heteroatoms. The van der Waals surface area contributed by atoms with Gasteiger partial charge in [0.25, 0.3) is 0 Å². The molecule has 0 fully saturated rings. The van der Waals surface area contributed by atoms with Crippen LogP contribution in [0.1, 0.15) is 90.9 Å². The molecule has 0 aliphatic heterocycles. The van der Waals surface area contributed by atoms with E-state index in [0.717, 1.165) is 13.2 Å². The van der Waals surface area contributed by atoms with Crippen LogP contribution >= 0.6 is 0 Å². The molecule has 0 heterocycles. The van der Waals surface area contributed by atoms with E-state index >= 15 is 0 Å². The molecular formula is C16H34AlClO2. The Bertz CT molecular complexity index is 143. The fourth-order valence-corrected chi connectivity index (χ4v) is 2.70. The smallest absolute Gasteiger partial charge is 1.00 e. The van der Waals surface area contributed by atoms with Crippen LogP contribution in [0.15, 0.2) is 0 Å². The Morgan fingerprint density at radius 3 is 1.30 bits per heavy atom. The minimum atomic E-state index is -0.210. The third-order valence-electron chi connectivity index (χ3n) is 3.37. The van der Waals surface area contributed by atoms with E-state index in [1.165, 1.54) is 77.0 Å². The molecule has 0 rings (SSSR count). The van der Waals surface area contributed by atoms with Gasteiger partial charge in [0.05, 0.1) is 0 Å². The van der Waals surface area contributed by atoms with Crippen LogP contribution in [0.2, 0.25) is 0 Å². The zero-order valence-electron chi connectivity index (χ0n) is 13.7. The number of unbranched alkanes of at least 4 members (excludes halogenated alkanes) is 10. The normalized spacial score (nSPS) is 10.1. The van der Waals surface area contributed by atoms with Crippen LogP contribution in [0, 0.1) is 0 Å². The van der Waals surface area contributed by atoms with E-state index in [-0.39, 0.29) is 28.3 Å². The Labute approximate surface area is 140 Å². The molecule has 0 N–H and O–H groups in total. The molecule has 0 bridgehead atoms. The molecule has 0 aromatic heterocycles. The van der Waals surface area contributed by atoms with Crippen molar-refractivity contribution in [2.45, 2.75) is 90.9 Å². The molecule has 20 heavy (non-hydrogen) atoms. The van der Waals surface area contributed by atoms with Crippen molar-refractivity contribution in [1.82, 2.24) is 0 Å². The van der Waals surface area contributed by atoms with Crippen molar-refractivity contribution in [3.8, 4) is 0 Å². The summed E-state index contributed by atoms with van der Waals surface area (Å²) in [7, 11) is 0. The summed E-state index contributed by atoms with van der Waals surface area (Å²) in [6, 6.07) is 0. The molecule has 0 unspecified atom stereocenters. The summed E-state index contributed by atoms with van der Waals surface area (Å²) in [5.74, 6) is 0. The van der Waals surface area contributed by atoms with Gasteiger partial charge in [0.1, 0.15) is 0 Å². The van der Waals surface area contributed by atoms with Gasteiger partial charge in [0.2, 0.25) is 0 Å². The Balaban J connectivity index is 0. The summed E-state index contributed by atoms with van der Waals surface area (Å²) in [5, 5.41) is 0. The molecule has 2 nitrogen and oxygen atoms in total. The van der Waals surface area contributed by atoms with Gasteiger partial charge in [0, 0.05) is 0 Å². The molecule has 120 valence electrons. The minimum Gasteiger partial charge on any atom is -1.00 e. The van der Waals surface area contributed by atoms with E-state index in [1.807, 2.05) is 0 Å². The predicted molar refractivity (Wildman–Crippen MR) is 84.4 cm³/mol. The van der Waals surface area contributed by atoms with E-state index in [9.17, 15) is 0 Å². The van der Waals surface area contributed by atoms with E-state index in [0.29, 0.717) is 0 Å². The first-order chi connectivity index (χ1) is 9.41. The van der Waals surface area contributed by atoms with Gasteiger partial charge in [0.15, 0.2) is 0 Å². The number of halogens is 1. The average Bonchev–Trinajstić information content (AvgIpc) is 2.43. The zero-order valence-corrected chi connectivity index (χ0v) is 15.6. The van der Waals surface area contributed by atoms with Crippen molar-refractivity contribution >= 4 is 15.9 Å². The molecule has 0 aliphatic rings.